The molecule has 0 spiro atoms. The van der Waals surface area contributed by atoms with Crippen molar-refractivity contribution in [3.63, 3.8) is 0 Å². The van der Waals surface area contributed by atoms with Gasteiger partial charge < -0.3 is 10.1 Å². The SMILES string of the molecule is Clc1cc(-c2ccccc2)ccc1OC[C@@H]1CCCNC1. The summed E-state index contributed by atoms with van der Waals surface area (Å²) in [5.41, 5.74) is 2.29. The molecular formula is C18H20ClNO. The molecule has 0 aliphatic carbocycles. The van der Waals surface area contributed by atoms with Gasteiger partial charge in [-0.3, -0.25) is 0 Å². The van der Waals surface area contributed by atoms with Crippen LogP contribution in [0.2, 0.25) is 5.02 Å². The monoisotopic (exact) mass is 301 g/mol. The van der Waals surface area contributed by atoms with Gasteiger partial charge in [0.2, 0.25) is 0 Å². The van der Waals surface area contributed by atoms with Crippen LogP contribution in [0.3, 0.4) is 0 Å². The van der Waals surface area contributed by atoms with E-state index in [4.69, 9.17) is 16.3 Å². The highest BCUT2D eigenvalue weighted by atomic mass is 35.5. The summed E-state index contributed by atoms with van der Waals surface area (Å²) in [4.78, 5) is 0. The fraction of sp³-hybridized carbons (Fsp3) is 0.333. The zero-order valence-corrected chi connectivity index (χ0v) is 12.8. The fourth-order valence-electron chi connectivity index (χ4n) is 2.70. The van der Waals surface area contributed by atoms with Gasteiger partial charge in [-0.05, 0) is 42.6 Å². The maximum atomic E-state index is 6.36. The third-order valence-electron chi connectivity index (χ3n) is 3.91. The second-order valence-corrected chi connectivity index (χ2v) is 5.94. The first-order chi connectivity index (χ1) is 10.3. The molecule has 1 fully saturated rings. The van der Waals surface area contributed by atoms with Crippen molar-refractivity contribution in [3.8, 4) is 16.9 Å². The lowest BCUT2D eigenvalue weighted by Crippen LogP contribution is -2.33. The Bertz CT molecular complexity index is 579. The Morgan fingerprint density at radius 2 is 1.95 bits per heavy atom. The largest absolute Gasteiger partial charge is 0.492 e. The number of piperidine rings is 1. The number of nitrogens with one attached hydrogen (secondary N) is 1. The van der Waals surface area contributed by atoms with Gasteiger partial charge in [0, 0.05) is 12.5 Å². The van der Waals surface area contributed by atoms with Crippen LogP contribution in [-0.4, -0.2) is 19.7 Å². The Morgan fingerprint density at radius 3 is 2.67 bits per heavy atom. The molecule has 0 aromatic heterocycles. The van der Waals surface area contributed by atoms with E-state index in [0.717, 1.165) is 31.0 Å². The highest BCUT2D eigenvalue weighted by molar-refractivity contribution is 6.32. The van der Waals surface area contributed by atoms with Gasteiger partial charge in [0.1, 0.15) is 5.75 Å². The molecular weight excluding hydrogens is 282 g/mol. The van der Waals surface area contributed by atoms with Crippen LogP contribution in [0, 0.1) is 5.92 Å². The Hall–Kier alpha value is -1.51. The molecule has 1 saturated heterocycles. The Kier molecular flexibility index (Phi) is 4.79. The van der Waals surface area contributed by atoms with Crippen LogP contribution in [0.1, 0.15) is 12.8 Å². The summed E-state index contributed by atoms with van der Waals surface area (Å²) in [7, 11) is 0. The van der Waals surface area contributed by atoms with Crippen LogP contribution in [0.5, 0.6) is 5.75 Å². The second kappa shape index (κ2) is 6.97. The van der Waals surface area contributed by atoms with E-state index in [2.05, 4.69) is 23.5 Å². The zero-order valence-electron chi connectivity index (χ0n) is 12.0. The Morgan fingerprint density at radius 1 is 1.10 bits per heavy atom. The lowest BCUT2D eigenvalue weighted by Gasteiger charge is -2.23. The van der Waals surface area contributed by atoms with Crippen LogP contribution in [-0.2, 0) is 0 Å². The lowest BCUT2D eigenvalue weighted by molar-refractivity contribution is 0.218. The average molecular weight is 302 g/mol. The summed E-state index contributed by atoms with van der Waals surface area (Å²) in [5, 5.41) is 4.08. The number of hydrogen-bond donors (Lipinski definition) is 1. The van der Waals surface area contributed by atoms with Crippen LogP contribution >= 0.6 is 11.6 Å². The van der Waals surface area contributed by atoms with E-state index in [-0.39, 0.29) is 0 Å². The normalized spacial score (nSPS) is 18.4. The molecule has 1 aliphatic heterocycles. The van der Waals surface area contributed by atoms with Gasteiger partial charge in [0.25, 0.3) is 0 Å². The van der Waals surface area contributed by atoms with Crippen molar-refractivity contribution in [1.29, 1.82) is 0 Å². The van der Waals surface area contributed by atoms with Gasteiger partial charge in [-0.15, -0.1) is 0 Å². The smallest absolute Gasteiger partial charge is 0.137 e. The summed E-state index contributed by atoms with van der Waals surface area (Å²) in [5.74, 6) is 1.37. The molecule has 3 rings (SSSR count). The molecule has 0 unspecified atom stereocenters. The van der Waals surface area contributed by atoms with E-state index in [9.17, 15) is 0 Å². The Labute approximate surface area is 131 Å². The minimum Gasteiger partial charge on any atom is -0.492 e. The van der Waals surface area contributed by atoms with E-state index in [1.807, 2.05) is 30.3 Å². The van der Waals surface area contributed by atoms with E-state index < -0.39 is 0 Å². The first kappa shape index (κ1) is 14.4. The van der Waals surface area contributed by atoms with Gasteiger partial charge in [-0.2, -0.15) is 0 Å². The molecule has 0 amide bonds. The molecule has 3 heteroatoms. The van der Waals surface area contributed by atoms with E-state index in [1.54, 1.807) is 0 Å². The molecule has 0 bridgehead atoms. The molecule has 2 nitrogen and oxygen atoms in total. The minimum atomic E-state index is 0.587. The molecule has 1 heterocycles. The topological polar surface area (TPSA) is 21.3 Å². The summed E-state index contributed by atoms with van der Waals surface area (Å²) >= 11 is 6.36. The van der Waals surface area contributed by atoms with Crippen molar-refractivity contribution >= 4 is 11.6 Å². The molecule has 1 atom stereocenters. The minimum absolute atomic E-state index is 0.587. The van der Waals surface area contributed by atoms with Gasteiger partial charge in [0.05, 0.1) is 11.6 Å². The standard InChI is InChI=1S/C18H20ClNO/c19-17-11-16(15-6-2-1-3-7-15)8-9-18(17)21-13-14-5-4-10-20-12-14/h1-3,6-9,11,14,20H,4-5,10,12-13H2/t14-/m1/s1. The first-order valence-electron chi connectivity index (χ1n) is 7.51. The highest BCUT2D eigenvalue weighted by Gasteiger charge is 2.14. The predicted octanol–water partition coefficient (Wildman–Crippen LogP) is 4.39. The first-order valence-corrected chi connectivity index (χ1v) is 7.89. The molecule has 21 heavy (non-hydrogen) atoms. The van der Waals surface area contributed by atoms with Crippen molar-refractivity contribution in [2.45, 2.75) is 12.8 Å². The maximum absolute atomic E-state index is 6.36. The van der Waals surface area contributed by atoms with Crippen LogP contribution in [0.25, 0.3) is 11.1 Å². The summed E-state index contributed by atoms with van der Waals surface area (Å²) in [6.07, 6.45) is 2.46. The quantitative estimate of drug-likeness (QED) is 0.904. The third-order valence-corrected chi connectivity index (χ3v) is 4.21. The second-order valence-electron chi connectivity index (χ2n) is 5.53. The average Bonchev–Trinajstić information content (AvgIpc) is 2.55. The molecule has 0 saturated carbocycles. The third kappa shape index (κ3) is 3.78. The van der Waals surface area contributed by atoms with Gasteiger partial charge in [-0.1, -0.05) is 48.0 Å². The molecule has 0 radical (unpaired) electrons. The molecule has 2 aromatic carbocycles. The summed E-state index contributed by atoms with van der Waals surface area (Å²) < 4.78 is 5.90. The van der Waals surface area contributed by atoms with Crippen molar-refractivity contribution in [2.75, 3.05) is 19.7 Å². The van der Waals surface area contributed by atoms with Crippen molar-refractivity contribution in [3.05, 3.63) is 53.6 Å². The molecule has 110 valence electrons. The zero-order chi connectivity index (χ0) is 14.5. The number of ether oxygens (including phenoxy) is 1. The molecule has 1 N–H and O–H groups in total. The molecule has 2 aromatic rings. The van der Waals surface area contributed by atoms with Crippen LogP contribution in [0.15, 0.2) is 48.5 Å². The van der Waals surface area contributed by atoms with Crippen molar-refractivity contribution in [1.82, 2.24) is 5.32 Å². The molecule has 1 aliphatic rings. The number of benzene rings is 2. The van der Waals surface area contributed by atoms with E-state index >= 15 is 0 Å². The van der Waals surface area contributed by atoms with E-state index in [1.165, 1.54) is 18.4 Å². The lowest BCUT2D eigenvalue weighted by atomic mass is 10.0. The van der Waals surface area contributed by atoms with E-state index in [0.29, 0.717) is 10.9 Å². The van der Waals surface area contributed by atoms with Gasteiger partial charge in [0.15, 0.2) is 0 Å². The van der Waals surface area contributed by atoms with Crippen LogP contribution < -0.4 is 10.1 Å². The number of hydrogen-bond acceptors (Lipinski definition) is 2. The maximum Gasteiger partial charge on any atom is 0.137 e. The highest BCUT2D eigenvalue weighted by Crippen LogP contribution is 2.30. The summed E-state index contributed by atoms with van der Waals surface area (Å²) in [6.45, 7) is 2.90. The fourth-order valence-corrected chi connectivity index (χ4v) is 2.94. The van der Waals surface area contributed by atoms with Gasteiger partial charge in [-0.25, -0.2) is 0 Å². The van der Waals surface area contributed by atoms with Crippen molar-refractivity contribution in [2.24, 2.45) is 5.92 Å². The number of halogens is 1. The van der Waals surface area contributed by atoms with Gasteiger partial charge >= 0.3 is 0 Å². The summed E-state index contributed by atoms with van der Waals surface area (Å²) in [6, 6.07) is 16.3. The van der Waals surface area contributed by atoms with Crippen LogP contribution in [0.4, 0.5) is 0 Å². The number of rotatable bonds is 4. The predicted molar refractivity (Wildman–Crippen MR) is 88.0 cm³/mol. The Balaban J connectivity index is 1.67. The van der Waals surface area contributed by atoms with Crippen molar-refractivity contribution < 1.29 is 4.74 Å².